The van der Waals surface area contributed by atoms with Gasteiger partial charge in [0.1, 0.15) is 10.5 Å². The van der Waals surface area contributed by atoms with Gasteiger partial charge < -0.3 is 0 Å². The van der Waals surface area contributed by atoms with Crippen LogP contribution in [0.25, 0.3) is 0 Å². The van der Waals surface area contributed by atoms with Gasteiger partial charge in [-0.2, -0.15) is 0 Å². The van der Waals surface area contributed by atoms with Crippen LogP contribution in [0.5, 0.6) is 0 Å². The largest absolute Gasteiger partial charge is 0.147 e. The van der Waals surface area contributed by atoms with E-state index < -0.39 is 0 Å². The normalized spacial score (nSPS) is 10.8. The van der Waals surface area contributed by atoms with Crippen molar-refractivity contribution in [3.05, 3.63) is 10.5 Å². The molecule has 1 aromatic heterocycles. The molecule has 0 bridgehead atoms. The number of rotatable bonds is 10. The summed E-state index contributed by atoms with van der Waals surface area (Å²) in [4.78, 5) is 0. The van der Waals surface area contributed by atoms with Crippen LogP contribution in [0.15, 0.2) is 5.51 Å². The van der Waals surface area contributed by atoms with Crippen LogP contribution >= 0.6 is 11.3 Å². The van der Waals surface area contributed by atoms with Gasteiger partial charge in [0.15, 0.2) is 0 Å². The number of nitrogens with zero attached hydrogens (tertiary/aromatic N) is 2. The Morgan fingerprint density at radius 3 is 2.12 bits per heavy atom. The SMILES string of the molecule is CCCCCCCCCCCc1nncs1. The van der Waals surface area contributed by atoms with Crippen LogP contribution in [0.4, 0.5) is 0 Å². The van der Waals surface area contributed by atoms with E-state index in [9.17, 15) is 0 Å². The molecule has 0 amide bonds. The predicted octanol–water partition coefficient (Wildman–Crippen LogP) is 4.61. The highest BCUT2D eigenvalue weighted by atomic mass is 32.1. The molecule has 0 fully saturated rings. The van der Waals surface area contributed by atoms with Crippen molar-refractivity contribution in [2.24, 2.45) is 0 Å². The summed E-state index contributed by atoms with van der Waals surface area (Å²) in [7, 11) is 0. The summed E-state index contributed by atoms with van der Waals surface area (Å²) in [5.41, 5.74) is 1.82. The highest BCUT2D eigenvalue weighted by Crippen LogP contribution is 2.12. The van der Waals surface area contributed by atoms with Gasteiger partial charge in [-0.3, -0.25) is 0 Å². The van der Waals surface area contributed by atoms with Gasteiger partial charge in [-0.15, -0.1) is 21.5 Å². The van der Waals surface area contributed by atoms with Gasteiger partial charge in [-0.05, 0) is 6.42 Å². The number of unbranched alkanes of at least 4 members (excludes halogenated alkanes) is 8. The zero-order valence-electron chi connectivity index (χ0n) is 10.5. The highest BCUT2D eigenvalue weighted by Gasteiger charge is 1.96. The lowest BCUT2D eigenvalue weighted by Gasteiger charge is -2.00. The molecule has 0 aliphatic heterocycles. The molecule has 0 aliphatic rings. The zero-order valence-corrected chi connectivity index (χ0v) is 11.3. The molecule has 2 nitrogen and oxygen atoms in total. The fourth-order valence-electron chi connectivity index (χ4n) is 1.89. The maximum absolute atomic E-state index is 4.05. The molecule has 1 heterocycles. The minimum Gasteiger partial charge on any atom is -0.147 e. The second-order valence-electron chi connectivity index (χ2n) is 4.41. The smallest absolute Gasteiger partial charge is 0.117 e. The summed E-state index contributed by atoms with van der Waals surface area (Å²) in [6, 6.07) is 0. The lowest BCUT2D eigenvalue weighted by Crippen LogP contribution is -1.86. The Morgan fingerprint density at radius 1 is 0.938 bits per heavy atom. The van der Waals surface area contributed by atoms with Crippen LogP contribution in [0.1, 0.15) is 69.7 Å². The van der Waals surface area contributed by atoms with Gasteiger partial charge in [0.25, 0.3) is 0 Å². The molecular formula is C13H24N2S. The van der Waals surface area contributed by atoms with Crippen molar-refractivity contribution >= 4 is 11.3 Å². The maximum atomic E-state index is 4.05. The molecular weight excluding hydrogens is 216 g/mol. The summed E-state index contributed by atoms with van der Waals surface area (Å²) in [5, 5.41) is 9.10. The molecule has 1 aromatic rings. The summed E-state index contributed by atoms with van der Waals surface area (Å²) >= 11 is 1.68. The summed E-state index contributed by atoms with van der Waals surface area (Å²) in [5.74, 6) is 0. The molecule has 0 aliphatic carbocycles. The van der Waals surface area contributed by atoms with E-state index in [2.05, 4.69) is 17.1 Å². The molecule has 16 heavy (non-hydrogen) atoms. The van der Waals surface area contributed by atoms with E-state index in [1.807, 2.05) is 5.51 Å². The summed E-state index contributed by atoms with van der Waals surface area (Å²) < 4.78 is 0. The molecule has 0 radical (unpaired) electrons. The van der Waals surface area contributed by atoms with Crippen molar-refractivity contribution < 1.29 is 0 Å². The first-order valence-corrected chi connectivity index (χ1v) is 7.56. The van der Waals surface area contributed by atoms with Crippen molar-refractivity contribution in [2.75, 3.05) is 0 Å². The van der Waals surface area contributed by atoms with Gasteiger partial charge in [0, 0.05) is 6.42 Å². The second-order valence-corrected chi connectivity index (χ2v) is 5.33. The highest BCUT2D eigenvalue weighted by molar-refractivity contribution is 7.09. The van der Waals surface area contributed by atoms with Crippen LogP contribution in [0.2, 0.25) is 0 Å². The number of hydrogen-bond donors (Lipinski definition) is 0. The fourth-order valence-corrected chi connectivity index (χ4v) is 2.46. The third-order valence-corrected chi connectivity index (χ3v) is 3.66. The summed E-state index contributed by atoms with van der Waals surface area (Å²) in [6.45, 7) is 2.27. The third kappa shape index (κ3) is 6.94. The molecule has 0 saturated carbocycles. The van der Waals surface area contributed by atoms with Crippen molar-refractivity contribution in [3.8, 4) is 0 Å². The maximum Gasteiger partial charge on any atom is 0.117 e. The number of aromatic nitrogens is 2. The Labute approximate surface area is 103 Å². The lowest BCUT2D eigenvalue weighted by molar-refractivity contribution is 0.564. The minimum absolute atomic E-state index is 1.13. The van der Waals surface area contributed by atoms with E-state index in [1.54, 1.807) is 11.3 Å². The van der Waals surface area contributed by atoms with Crippen molar-refractivity contribution in [1.29, 1.82) is 0 Å². The van der Waals surface area contributed by atoms with Gasteiger partial charge in [0.05, 0.1) is 0 Å². The number of aryl methyl sites for hydroxylation is 1. The monoisotopic (exact) mass is 240 g/mol. The Bertz CT molecular complexity index is 234. The Kier molecular flexibility index (Phi) is 8.31. The quantitative estimate of drug-likeness (QED) is 0.558. The number of hydrogen-bond acceptors (Lipinski definition) is 3. The van der Waals surface area contributed by atoms with Gasteiger partial charge in [-0.25, -0.2) is 0 Å². The zero-order chi connectivity index (χ0) is 11.5. The summed E-state index contributed by atoms with van der Waals surface area (Å²) in [6.07, 6.45) is 13.6. The van der Waals surface area contributed by atoms with Crippen LogP contribution in [-0.4, -0.2) is 10.2 Å². The second kappa shape index (κ2) is 9.76. The molecule has 92 valence electrons. The Balaban J connectivity index is 1.78. The standard InChI is InChI=1S/C13H24N2S/c1-2-3-4-5-6-7-8-9-10-11-13-15-14-12-16-13/h12H,2-11H2,1H3. The first-order chi connectivity index (χ1) is 7.93. The molecule has 0 unspecified atom stereocenters. The first-order valence-electron chi connectivity index (χ1n) is 6.68. The Morgan fingerprint density at radius 2 is 1.56 bits per heavy atom. The predicted molar refractivity (Wildman–Crippen MR) is 70.8 cm³/mol. The molecule has 0 N–H and O–H groups in total. The molecule has 0 spiro atoms. The van der Waals surface area contributed by atoms with Crippen molar-refractivity contribution in [3.63, 3.8) is 0 Å². The van der Waals surface area contributed by atoms with Crippen molar-refractivity contribution in [1.82, 2.24) is 10.2 Å². The molecule has 0 atom stereocenters. The van der Waals surface area contributed by atoms with E-state index in [0.29, 0.717) is 0 Å². The topological polar surface area (TPSA) is 25.8 Å². The van der Waals surface area contributed by atoms with E-state index in [4.69, 9.17) is 0 Å². The molecule has 3 heteroatoms. The molecule has 0 saturated heterocycles. The van der Waals surface area contributed by atoms with Crippen LogP contribution < -0.4 is 0 Å². The van der Waals surface area contributed by atoms with Crippen LogP contribution in [0.3, 0.4) is 0 Å². The van der Waals surface area contributed by atoms with Gasteiger partial charge in [-0.1, -0.05) is 58.3 Å². The average molecular weight is 240 g/mol. The van der Waals surface area contributed by atoms with Crippen molar-refractivity contribution in [2.45, 2.75) is 71.1 Å². The van der Waals surface area contributed by atoms with Gasteiger partial charge in [0.2, 0.25) is 0 Å². The fraction of sp³-hybridized carbons (Fsp3) is 0.846. The van der Waals surface area contributed by atoms with E-state index in [1.165, 1.54) is 62.8 Å². The van der Waals surface area contributed by atoms with Gasteiger partial charge >= 0.3 is 0 Å². The first kappa shape index (κ1) is 13.6. The van der Waals surface area contributed by atoms with Crippen LogP contribution in [-0.2, 0) is 6.42 Å². The van der Waals surface area contributed by atoms with E-state index in [-0.39, 0.29) is 0 Å². The average Bonchev–Trinajstić information content (AvgIpc) is 2.80. The Hall–Kier alpha value is -0.440. The van der Waals surface area contributed by atoms with E-state index in [0.717, 1.165) is 6.42 Å². The van der Waals surface area contributed by atoms with Crippen LogP contribution in [0, 0.1) is 0 Å². The minimum atomic E-state index is 1.13. The third-order valence-electron chi connectivity index (χ3n) is 2.90. The molecule has 0 aromatic carbocycles. The van der Waals surface area contributed by atoms with E-state index >= 15 is 0 Å². The molecule has 1 rings (SSSR count). The lowest BCUT2D eigenvalue weighted by atomic mass is 10.1.